The SMILES string of the molecule is CCCCNC(=O)C(C)N(Cc1ccc(F)cc1)C(=O)CN(c1cc(Cl)ccc1OC)S(=O)(=O)c1ccc(C)cc1. The minimum Gasteiger partial charge on any atom is -0.495 e. The molecule has 0 bridgehead atoms. The van der Waals surface area contributed by atoms with E-state index in [9.17, 15) is 22.4 Å². The maximum Gasteiger partial charge on any atom is 0.264 e. The summed E-state index contributed by atoms with van der Waals surface area (Å²) in [6.07, 6.45) is 1.64. The largest absolute Gasteiger partial charge is 0.495 e. The number of halogens is 2. The molecule has 8 nitrogen and oxygen atoms in total. The molecule has 0 aliphatic carbocycles. The quantitative estimate of drug-likeness (QED) is 0.267. The third-order valence-corrected chi connectivity index (χ3v) is 8.57. The van der Waals surface area contributed by atoms with Crippen LogP contribution in [0.4, 0.5) is 10.1 Å². The first-order valence-electron chi connectivity index (χ1n) is 13.2. The molecule has 0 spiro atoms. The number of hydrogen-bond acceptors (Lipinski definition) is 5. The van der Waals surface area contributed by atoms with Gasteiger partial charge in [-0.1, -0.05) is 54.8 Å². The summed E-state index contributed by atoms with van der Waals surface area (Å²) in [4.78, 5) is 28.3. The number of carbonyl (C=O) groups is 2. The van der Waals surface area contributed by atoms with Crippen molar-refractivity contribution in [2.24, 2.45) is 0 Å². The molecule has 3 aromatic carbocycles. The molecule has 1 atom stereocenters. The molecule has 0 radical (unpaired) electrons. The third kappa shape index (κ3) is 8.20. The van der Waals surface area contributed by atoms with E-state index in [0.29, 0.717) is 12.1 Å². The van der Waals surface area contributed by atoms with Crippen molar-refractivity contribution in [3.8, 4) is 5.75 Å². The molecular formula is C30H35ClFN3O5S. The number of nitrogens with zero attached hydrogens (tertiary/aromatic N) is 2. The van der Waals surface area contributed by atoms with Crippen molar-refractivity contribution in [1.29, 1.82) is 0 Å². The predicted molar refractivity (Wildman–Crippen MR) is 158 cm³/mol. The Hall–Kier alpha value is -3.63. The second-order valence-corrected chi connectivity index (χ2v) is 11.9. The Morgan fingerprint density at radius 2 is 1.71 bits per heavy atom. The third-order valence-electron chi connectivity index (χ3n) is 6.56. The van der Waals surface area contributed by atoms with Crippen molar-refractivity contribution < 1.29 is 27.1 Å². The van der Waals surface area contributed by atoms with Gasteiger partial charge in [0.25, 0.3) is 10.0 Å². The molecule has 2 amide bonds. The smallest absolute Gasteiger partial charge is 0.264 e. The molecule has 0 heterocycles. The van der Waals surface area contributed by atoms with Crippen LogP contribution in [0.25, 0.3) is 0 Å². The van der Waals surface area contributed by atoms with Crippen LogP contribution in [-0.4, -0.2) is 51.4 Å². The van der Waals surface area contributed by atoms with E-state index >= 15 is 0 Å². The highest BCUT2D eigenvalue weighted by molar-refractivity contribution is 7.92. The van der Waals surface area contributed by atoms with Crippen LogP contribution in [-0.2, 0) is 26.2 Å². The molecule has 3 rings (SSSR count). The Bertz CT molecular complexity index is 1450. The number of unbranched alkanes of at least 4 members (excludes halogenated alkanes) is 1. The highest BCUT2D eigenvalue weighted by Gasteiger charge is 2.34. The van der Waals surface area contributed by atoms with E-state index in [4.69, 9.17) is 16.3 Å². The van der Waals surface area contributed by atoms with E-state index in [1.165, 1.54) is 60.5 Å². The van der Waals surface area contributed by atoms with Crippen LogP contribution < -0.4 is 14.4 Å². The number of aryl methyl sites for hydroxylation is 1. The van der Waals surface area contributed by atoms with Gasteiger partial charge in [0, 0.05) is 18.1 Å². The lowest BCUT2D eigenvalue weighted by Gasteiger charge is -2.32. The van der Waals surface area contributed by atoms with Crippen molar-refractivity contribution in [2.75, 3.05) is 24.5 Å². The van der Waals surface area contributed by atoms with E-state index in [1.807, 2.05) is 13.8 Å². The molecule has 0 saturated heterocycles. The van der Waals surface area contributed by atoms with E-state index in [1.54, 1.807) is 25.1 Å². The van der Waals surface area contributed by atoms with E-state index < -0.39 is 34.3 Å². The summed E-state index contributed by atoms with van der Waals surface area (Å²) in [6, 6.07) is 15.3. The standard InChI is InChI=1S/C30H35ClFN3O5S/c1-5-6-17-33-30(37)22(3)34(19-23-9-12-25(32)13-10-23)29(36)20-35(27-18-24(31)11-16-28(27)40-4)41(38,39)26-14-7-21(2)8-15-26/h7-16,18,22H,5-6,17,19-20H2,1-4H3,(H,33,37). The molecule has 0 fully saturated rings. The predicted octanol–water partition coefficient (Wildman–Crippen LogP) is 5.33. The number of hydrogen-bond donors (Lipinski definition) is 1. The second-order valence-electron chi connectivity index (χ2n) is 9.61. The monoisotopic (exact) mass is 603 g/mol. The molecule has 1 N–H and O–H groups in total. The summed E-state index contributed by atoms with van der Waals surface area (Å²) in [5.74, 6) is -1.29. The van der Waals surface area contributed by atoms with Gasteiger partial charge in [0.1, 0.15) is 24.2 Å². The summed E-state index contributed by atoms with van der Waals surface area (Å²) in [7, 11) is -2.91. The Kier molecular flexibility index (Phi) is 11.1. The van der Waals surface area contributed by atoms with Crippen molar-refractivity contribution >= 4 is 39.1 Å². The van der Waals surface area contributed by atoms with Crippen molar-refractivity contribution in [3.63, 3.8) is 0 Å². The average molecular weight is 604 g/mol. The zero-order chi connectivity index (χ0) is 30.2. The number of anilines is 1. The van der Waals surface area contributed by atoms with E-state index in [-0.39, 0.29) is 33.8 Å². The fourth-order valence-electron chi connectivity index (χ4n) is 4.11. The van der Waals surface area contributed by atoms with Crippen LogP contribution in [0.1, 0.15) is 37.8 Å². The zero-order valence-electron chi connectivity index (χ0n) is 23.6. The number of sulfonamides is 1. The first-order chi connectivity index (χ1) is 19.5. The Morgan fingerprint density at radius 1 is 1.05 bits per heavy atom. The molecule has 11 heteroatoms. The molecule has 1 unspecified atom stereocenters. The van der Waals surface area contributed by atoms with Gasteiger partial charge in [0.05, 0.1) is 17.7 Å². The number of nitrogens with one attached hydrogen (secondary N) is 1. The van der Waals surface area contributed by atoms with Gasteiger partial charge in [0.2, 0.25) is 11.8 Å². The summed E-state index contributed by atoms with van der Waals surface area (Å²) >= 11 is 6.25. The summed E-state index contributed by atoms with van der Waals surface area (Å²) < 4.78 is 47.9. The van der Waals surface area contributed by atoms with Crippen LogP contribution in [0.2, 0.25) is 5.02 Å². The van der Waals surface area contributed by atoms with Gasteiger partial charge in [-0.15, -0.1) is 0 Å². The first-order valence-corrected chi connectivity index (χ1v) is 15.0. The maximum atomic E-state index is 14.0. The molecule has 220 valence electrons. The van der Waals surface area contributed by atoms with Crippen LogP contribution >= 0.6 is 11.6 Å². The second kappa shape index (κ2) is 14.3. The fraction of sp³-hybridized carbons (Fsp3) is 0.333. The van der Waals surface area contributed by atoms with Gasteiger partial charge in [0.15, 0.2) is 0 Å². The Labute approximate surface area is 246 Å². The number of amides is 2. The highest BCUT2D eigenvalue weighted by atomic mass is 35.5. The molecule has 3 aromatic rings. The van der Waals surface area contributed by atoms with Crippen LogP contribution in [0.3, 0.4) is 0 Å². The molecule has 41 heavy (non-hydrogen) atoms. The minimum absolute atomic E-state index is 0.0339. The van der Waals surface area contributed by atoms with E-state index in [2.05, 4.69) is 5.32 Å². The number of carbonyl (C=O) groups excluding carboxylic acids is 2. The van der Waals surface area contributed by atoms with Crippen molar-refractivity contribution in [2.45, 2.75) is 51.1 Å². The number of methoxy groups -OCH3 is 1. The summed E-state index contributed by atoms with van der Waals surface area (Å²) in [5.41, 5.74) is 1.50. The number of ether oxygens (including phenoxy) is 1. The van der Waals surface area contributed by atoms with Crippen molar-refractivity contribution in [1.82, 2.24) is 10.2 Å². The normalized spacial score (nSPS) is 12.0. The molecular weight excluding hydrogens is 569 g/mol. The highest BCUT2D eigenvalue weighted by Crippen LogP contribution is 2.35. The minimum atomic E-state index is -4.29. The topological polar surface area (TPSA) is 96.0 Å². The Morgan fingerprint density at radius 3 is 2.32 bits per heavy atom. The molecule has 0 aliphatic rings. The fourth-order valence-corrected chi connectivity index (χ4v) is 5.70. The maximum absolute atomic E-state index is 14.0. The van der Waals surface area contributed by atoms with Gasteiger partial charge < -0.3 is 15.0 Å². The van der Waals surface area contributed by atoms with Crippen LogP contribution in [0.15, 0.2) is 71.6 Å². The number of benzene rings is 3. The lowest BCUT2D eigenvalue weighted by Crippen LogP contribution is -2.51. The van der Waals surface area contributed by atoms with Crippen LogP contribution in [0.5, 0.6) is 5.75 Å². The number of rotatable bonds is 13. The van der Waals surface area contributed by atoms with Gasteiger partial charge in [-0.05, 0) is 68.3 Å². The first kappa shape index (κ1) is 31.9. The lowest BCUT2D eigenvalue weighted by atomic mass is 10.1. The molecule has 0 saturated carbocycles. The average Bonchev–Trinajstić information content (AvgIpc) is 2.95. The van der Waals surface area contributed by atoms with Gasteiger partial charge in [-0.2, -0.15) is 0 Å². The van der Waals surface area contributed by atoms with E-state index in [0.717, 1.165) is 22.7 Å². The Balaban J connectivity index is 2.06. The van der Waals surface area contributed by atoms with Gasteiger partial charge in [-0.3, -0.25) is 13.9 Å². The zero-order valence-corrected chi connectivity index (χ0v) is 25.1. The summed E-state index contributed by atoms with van der Waals surface area (Å²) in [5, 5.41) is 3.06. The summed E-state index contributed by atoms with van der Waals surface area (Å²) in [6.45, 7) is 5.13. The van der Waals surface area contributed by atoms with Gasteiger partial charge in [-0.25, -0.2) is 12.8 Å². The molecule has 0 aliphatic heterocycles. The van der Waals surface area contributed by atoms with Crippen LogP contribution in [0, 0.1) is 12.7 Å². The van der Waals surface area contributed by atoms with Crippen molar-refractivity contribution in [3.05, 3.63) is 88.7 Å². The van der Waals surface area contributed by atoms with Gasteiger partial charge >= 0.3 is 0 Å². The lowest BCUT2D eigenvalue weighted by molar-refractivity contribution is -0.139. The molecule has 0 aromatic heterocycles.